The van der Waals surface area contributed by atoms with Crippen molar-refractivity contribution < 1.29 is 18.3 Å². The van der Waals surface area contributed by atoms with Crippen LogP contribution in [0.3, 0.4) is 0 Å². The molecule has 2 aromatic rings. The Morgan fingerprint density at radius 2 is 2.29 bits per heavy atom. The first-order valence-corrected chi connectivity index (χ1v) is 6.50. The quantitative estimate of drug-likeness (QED) is 0.920. The van der Waals surface area contributed by atoms with Gasteiger partial charge >= 0.3 is 0 Å². The molecular weight excluding hydrogens is 280 g/mol. The fourth-order valence-corrected chi connectivity index (χ4v) is 2.33. The van der Waals surface area contributed by atoms with E-state index in [0.29, 0.717) is 18.7 Å². The Morgan fingerprint density at radius 1 is 1.43 bits per heavy atom. The van der Waals surface area contributed by atoms with Crippen LogP contribution in [0, 0.1) is 11.6 Å². The Kier molecular flexibility index (Phi) is 3.66. The summed E-state index contributed by atoms with van der Waals surface area (Å²) in [7, 11) is 0. The molecule has 1 amide bonds. The minimum atomic E-state index is -0.669. The highest BCUT2D eigenvalue weighted by atomic mass is 19.1. The number of rotatable bonds is 2. The molecule has 2 heterocycles. The Balaban J connectivity index is 1.78. The second-order valence-electron chi connectivity index (χ2n) is 4.76. The number of nitrogens with zero attached hydrogens (tertiary/aromatic N) is 2. The van der Waals surface area contributed by atoms with Crippen LogP contribution in [0.5, 0.6) is 0 Å². The zero-order valence-corrected chi connectivity index (χ0v) is 11.1. The summed E-state index contributed by atoms with van der Waals surface area (Å²) in [4.78, 5) is 13.8. The number of carbonyl (C=O) groups is 1. The summed E-state index contributed by atoms with van der Waals surface area (Å²) in [6.45, 7) is 0.932. The van der Waals surface area contributed by atoms with E-state index in [9.17, 15) is 13.6 Å². The smallest absolute Gasteiger partial charge is 0.257 e. The first-order chi connectivity index (χ1) is 10.1. The average molecular weight is 293 g/mol. The zero-order valence-electron chi connectivity index (χ0n) is 11.1. The molecule has 0 saturated carbocycles. The van der Waals surface area contributed by atoms with Crippen LogP contribution in [0.1, 0.15) is 22.0 Å². The number of halogens is 2. The van der Waals surface area contributed by atoms with Crippen molar-refractivity contribution >= 4 is 5.91 Å². The Hall–Kier alpha value is -2.28. The molecule has 0 radical (unpaired) electrons. The minimum absolute atomic E-state index is 0.195. The molecule has 21 heavy (non-hydrogen) atoms. The lowest BCUT2D eigenvalue weighted by Crippen LogP contribution is -2.42. The molecule has 1 N–H and O–H groups in total. The third-order valence-corrected chi connectivity index (χ3v) is 3.41. The van der Waals surface area contributed by atoms with E-state index < -0.39 is 17.7 Å². The van der Waals surface area contributed by atoms with Crippen molar-refractivity contribution in [3.63, 3.8) is 0 Å². The van der Waals surface area contributed by atoms with Gasteiger partial charge in [-0.1, -0.05) is 6.07 Å². The van der Waals surface area contributed by atoms with E-state index in [0.717, 1.165) is 6.07 Å². The van der Waals surface area contributed by atoms with Gasteiger partial charge in [-0.2, -0.15) is 5.10 Å². The largest absolute Gasteiger partial charge is 0.370 e. The van der Waals surface area contributed by atoms with Gasteiger partial charge in [0.2, 0.25) is 0 Å². The first kappa shape index (κ1) is 13.7. The highest BCUT2D eigenvalue weighted by Crippen LogP contribution is 2.25. The van der Waals surface area contributed by atoms with E-state index >= 15 is 0 Å². The van der Waals surface area contributed by atoms with Crippen molar-refractivity contribution in [1.82, 2.24) is 15.1 Å². The number of benzene rings is 1. The number of aromatic nitrogens is 2. The number of hydrogen-bond acceptors (Lipinski definition) is 3. The zero-order chi connectivity index (χ0) is 14.8. The summed E-state index contributed by atoms with van der Waals surface area (Å²) in [6, 6.07) is 3.34. The SMILES string of the molecule is O=C(c1cn[nH]c1)N1CCOC(c2ccc(F)cc2F)C1. The molecule has 5 nitrogen and oxygen atoms in total. The van der Waals surface area contributed by atoms with Crippen molar-refractivity contribution in [2.75, 3.05) is 19.7 Å². The lowest BCUT2D eigenvalue weighted by molar-refractivity contribution is -0.0243. The molecule has 1 atom stereocenters. The monoisotopic (exact) mass is 293 g/mol. The van der Waals surface area contributed by atoms with Crippen LogP contribution in [0.4, 0.5) is 8.78 Å². The highest BCUT2D eigenvalue weighted by molar-refractivity contribution is 5.93. The number of aromatic amines is 1. The van der Waals surface area contributed by atoms with Crippen LogP contribution >= 0.6 is 0 Å². The van der Waals surface area contributed by atoms with E-state index in [1.54, 1.807) is 4.90 Å². The van der Waals surface area contributed by atoms with Crippen LogP contribution in [0.25, 0.3) is 0 Å². The summed E-state index contributed by atoms with van der Waals surface area (Å²) in [5.74, 6) is -1.50. The lowest BCUT2D eigenvalue weighted by Gasteiger charge is -2.33. The summed E-state index contributed by atoms with van der Waals surface area (Å²) >= 11 is 0. The van der Waals surface area contributed by atoms with Gasteiger partial charge in [-0.15, -0.1) is 0 Å². The molecule has 1 aromatic heterocycles. The number of ether oxygens (including phenoxy) is 1. The van der Waals surface area contributed by atoms with Gasteiger partial charge in [-0.3, -0.25) is 9.89 Å². The van der Waals surface area contributed by atoms with Gasteiger partial charge in [0.25, 0.3) is 5.91 Å². The van der Waals surface area contributed by atoms with E-state index in [2.05, 4.69) is 10.2 Å². The van der Waals surface area contributed by atoms with Gasteiger partial charge in [0.15, 0.2) is 0 Å². The van der Waals surface area contributed by atoms with Crippen LogP contribution in [0.15, 0.2) is 30.6 Å². The normalized spacial score (nSPS) is 18.8. The van der Waals surface area contributed by atoms with Crippen molar-refractivity contribution in [3.05, 3.63) is 53.4 Å². The molecule has 0 bridgehead atoms. The Morgan fingerprint density at radius 3 is 3.00 bits per heavy atom. The molecule has 110 valence electrons. The number of carbonyl (C=O) groups excluding carboxylic acids is 1. The van der Waals surface area contributed by atoms with Gasteiger partial charge in [-0.25, -0.2) is 8.78 Å². The van der Waals surface area contributed by atoms with Gasteiger partial charge in [0.1, 0.15) is 17.7 Å². The van der Waals surface area contributed by atoms with Crippen molar-refractivity contribution in [2.45, 2.75) is 6.10 Å². The predicted molar refractivity (Wildman–Crippen MR) is 69.5 cm³/mol. The molecule has 1 saturated heterocycles. The molecule has 1 unspecified atom stereocenters. The Labute approximate surface area is 119 Å². The summed E-state index contributed by atoms with van der Waals surface area (Å²) in [6.07, 6.45) is 2.34. The van der Waals surface area contributed by atoms with Gasteiger partial charge < -0.3 is 9.64 Å². The maximum absolute atomic E-state index is 13.8. The molecule has 0 aliphatic carbocycles. The average Bonchev–Trinajstić information content (AvgIpc) is 3.01. The number of morpholine rings is 1. The topological polar surface area (TPSA) is 58.2 Å². The van der Waals surface area contributed by atoms with E-state index in [1.807, 2.05) is 0 Å². The molecule has 1 aliphatic heterocycles. The third kappa shape index (κ3) is 2.78. The van der Waals surface area contributed by atoms with Crippen molar-refractivity contribution in [1.29, 1.82) is 0 Å². The number of nitrogens with one attached hydrogen (secondary N) is 1. The van der Waals surface area contributed by atoms with Gasteiger partial charge in [-0.05, 0) is 6.07 Å². The lowest BCUT2D eigenvalue weighted by atomic mass is 10.1. The molecule has 1 aromatic carbocycles. The summed E-state index contributed by atoms with van der Waals surface area (Å²) in [5.41, 5.74) is 0.691. The molecular formula is C14H13F2N3O2. The molecule has 1 fully saturated rings. The number of amides is 1. The third-order valence-electron chi connectivity index (χ3n) is 3.41. The second-order valence-corrected chi connectivity index (χ2v) is 4.76. The van der Waals surface area contributed by atoms with Crippen LogP contribution in [-0.4, -0.2) is 40.7 Å². The maximum Gasteiger partial charge on any atom is 0.257 e. The Bertz CT molecular complexity index is 646. The van der Waals surface area contributed by atoms with E-state index in [4.69, 9.17) is 4.74 Å². The van der Waals surface area contributed by atoms with Crippen LogP contribution in [-0.2, 0) is 4.74 Å². The van der Waals surface area contributed by atoms with E-state index in [-0.39, 0.29) is 18.0 Å². The maximum atomic E-state index is 13.8. The second kappa shape index (κ2) is 5.61. The first-order valence-electron chi connectivity index (χ1n) is 6.50. The standard InChI is InChI=1S/C14H13F2N3O2/c15-10-1-2-11(12(16)5-10)13-8-19(3-4-21-13)14(20)9-6-17-18-7-9/h1-2,5-7,13H,3-4,8H2,(H,17,18). The summed E-state index contributed by atoms with van der Waals surface area (Å²) < 4.78 is 32.3. The highest BCUT2D eigenvalue weighted by Gasteiger charge is 2.28. The fourth-order valence-electron chi connectivity index (χ4n) is 2.33. The number of H-pyrrole nitrogens is 1. The van der Waals surface area contributed by atoms with Crippen molar-refractivity contribution in [2.24, 2.45) is 0 Å². The summed E-state index contributed by atoms with van der Waals surface area (Å²) in [5, 5.41) is 6.31. The van der Waals surface area contributed by atoms with Crippen LogP contribution in [0.2, 0.25) is 0 Å². The minimum Gasteiger partial charge on any atom is -0.370 e. The van der Waals surface area contributed by atoms with Crippen LogP contribution < -0.4 is 0 Å². The predicted octanol–water partition coefficient (Wildman–Crippen LogP) is 1.90. The van der Waals surface area contributed by atoms with Crippen molar-refractivity contribution in [3.8, 4) is 0 Å². The number of hydrogen-bond donors (Lipinski definition) is 1. The molecule has 1 aliphatic rings. The van der Waals surface area contributed by atoms with Gasteiger partial charge in [0.05, 0.1) is 24.9 Å². The molecule has 7 heteroatoms. The fraction of sp³-hybridized carbons (Fsp3) is 0.286. The van der Waals surface area contributed by atoms with E-state index in [1.165, 1.54) is 24.5 Å². The molecule has 3 rings (SSSR count). The van der Waals surface area contributed by atoms with Gasteiger partial charge in [0, 0.05) is 24.4 Å². The molecule has 0 spiro atoms.